The third-order valence-electron chi connectivity index (χ3n) is 1.99. The Bertz CT molecular complexity index is 309. The molecule has 0 aliphatic carbocycles. The van der Waals surface area contributed by atoms with Gasteiger partial charge in [-0.1, -0.05) is 43.3 Å². The maximum atomic E-state index is 11.5. The molecule has 1 nitrogen and oxygen atoms in total. The van der Waals surface area contributed by atoms with E-state index in [0.29, 0.717) is 6.42 Å². The molecule has 0 heterocycles. The zero-order valence-electron chi connectivity index (χ0n) is 8.08. The molecule has 68 valence electrons. The van der Waals surface area contributed by atoms with E-state index >= 15 is 0 Å². The Labute approximate surface area is 79.1 Å². The van der Waals surface area contributed by atoms with Gasteiger partial charge in [0.05, 0.1) is 0 Å². The molecular formula is C12H14O. The van der Waals surface area contributed by atoms with Crippen molar-refractivity contribution in [2.75, 3.05) is 0 Å². The molecule has 0 atom stereocenters. The zero-order chi connectivity index (χ0) is 9.68. The number of allylic oxidation sites excluding steroid dienone is 2. The first-order valence-corrected chi connectivity index (χ1v) is 4.54. The summed E-state index contributed by atoms with van der Waals surface area (Å²) in [5, 5.41) is 0. The second kappa shape index (κ2) is 4.61. The summed E-state index contributed by atoms with van der Waals surface area (Å²) in [6, 6.07) is 9.77. The second-order valence-corrected chi connectivity index (χ2v) is 2.85. The van der Waals surface area contributed by atoms with E-state index in [-0.39, 0.29) is 5.78 Å². The van der Waals surface area contributed by atoms with Crippen LogP contribution >= 0.6 is 0 Å². The van der Waals surface area contributed by atoms with Crippen molar-refractivity contribution in [2.45, 2.75) is 20.3 Å². The minimum absolute atomic E-state index is 0.203. The molecule has 0 saturated carbocycles. The molecule has 0 N–H and O–H groups in total. The molecule has 1 rings (SSSR count). The highest BCUT2D eigenvalue weighted by Gasteiger charge is 2.07. The van der Waals surface area contributed by atoms with Crippen LogP contribution in [0.15, 0.2) is 36.4 Å². The van der Waals surface area contributed by atoms with E-state index in [0.717, 1.165) is 11.1 Å². The van der Waals surface area contributed by atoms with E-state index in [9.17, 15) is 4.79 Å². The third kappa shape index (κ3) is 2.28. The summed E-state index contributed by atoms with van der Waals surface area (Å²) in [4.78, 5) is 11.5. The molecule has 1 aromatic carbocycles. The minimum atomic E-state index is 0.203. The van der Waals surface area contributed by atoms with Crippen molar-refractivity contribution in [3.8, 4) is 0 Å². The summed E-state index contributed by atoms with van der Waals surface area (Å²) in [5.41, 5.74) is 1.83. The molecule has 0 aromatic heterocycles. The average Bonchev–Trinajstić information content (AvgIpc) is 2.20. The molecule has 0 radical (unpaired) electrons. The SMILES string of the molecule is C/C=C(/C(=O)CC)c1ccccc1. The van der Waals surface area contributed by atoms with Crippen LogP contribution in [0.5, 0.6) is 0 Å². The number of carbonyl (C=O) groups is 1. The maximum absolute atomic E-state index is 11.5. The van der Waals surface area contributed by atoms with Crippen LogP contribution in [-0.2, 0) is 4.79 Å². The summed E-state index contributed by atoms with van der Waals surface area (Å²) in [6.07, 6.45) is 2.44. The van der Waals surface area contributed by atoms with Crippen LogP contribution in [-0.4, -0.2) is 5.78 Å². The van der Waals surface area contributed by atoms with Crippen molar-refractivity contribution < 1.29 is 4.79 Å². The summed E-state index contributed by atoms with van der Waals surface area (Å²) in [5.74, 6) is 0.203. The van der Waals surface area contributed by atoms with Gasteiger partial charge < -0.3 is 0 Å². The van der Waals surface area contributed by atoms with Crippen molar-refractivity contribution in [2.24, 2.45) is 0 Å². The lowest BCUT2D eigenvalue weighted by atomic mass is 10.0. The molecule has 13 heavy (non-hydrogen) atoms. The van der Waals surface area contributed by atoms with Gasteiger partial charge in [-0.3, -0.25) is 4.79 Å². The lowest BCUT2D eigenvalue weighted by molar-refractivity contribution is -0.113. The quantitative estimate of drug-likeness (QED) is 0.643. The summed E-state index contributed by atoms with van der Waals surface area (Å²) >= 11 is 0. The first kappa shape index (κ1) is 9.72. The number of benzene rings is 1. The third-order valence-corrected chi connectivity index (χ3v) is 1.99. The number of carbonyl (C=O) groups excluding carboxylic acids is 1. The van der Waals surface area contributed by atoms with Crippen LogP contribution in [0.1, 0.15) is 25.8 Å². The maximum Gasteiger partial charge on any atom is 0.162 e. The minimum Gasteiger partial charge on any atom is -0.294 e. The molecular weight excluding hydrogens is 160 g/mol. The average molecular weight is 174 g/mol. The lowest BCUT2D eigenvalue weighted by Gasteiger charge is -2.03. The number of rotatable bonds is 3. The molecule has 0 unspecified atom stereocenters. The lowest BCUT2D eigenvalue weighted by Crippen LogP contribution is -1.98. The normalized spacial score (nSPS) is 11.4. The number of Topliss-reactive ketones (excluding diaryl/α,β-unsaturated/α-hetero) is 1. The van der Waals surface area contributed by atoms with Crippen LogP contribution in [0.25, 0.3) is 5.57 Å². The summed E-state index contributed by atoms with van der Waals surface area (Å²) in [7, 11) is 0. The molecule has 0 aliphatic heterocycles. The highest BCUT2D eigenvalue weighted by atomic mass is 16.1. The van der Waals surface area contributed by atoms with E-state index in [1.807, 2.05) is 50.3 Å². The summed E-state index contributed by atoms with van der Waals surface area (Å²) in [6.45, 7) is 3.78. The highest BCUT2D eigenvalue weighted by molar-refractivity contribution is 6.20. The fourth-order valence-corrected chi connectivity index (χ4v) is 1.30. The van der Waals surface area contributed by atoms with Gasteiger partial charge in [0.15, 0.2) is 5.78 Å². The van der Waals surface area contributed by atoms with Crippen LogP contribution in [0, 0.1) is 0 Å². The van der Waals surface area contributed by atoms with Crippen molar-refractivity contribution in [1.82, 2.24) is 0 Å². The largest absolute Gasteiger partial charge is 0.294 e. The van der Waals surface area contributed by atoms with Crippen LogP contribution in [0.2, 0.25) is 0 Å². The monoisotopic (exact) mass is 174 g/mol. The van der Waals surface area contributed by atoms with Gasteiger partial charge in [-0.15, -0.1) is 0 Å². The zero-order valence-corrected chi connectivity index (χ0v) is 8.08. The Balaban J connectivity index is 3.00. The molecule has 0 fully saturated rings. The molecule has 1 heteroatoms. The molecule has 0 aliphatic rings. The number of hydrogen-bond acceptors (Lipinski definition) is 1. The van der Waals surface area contributed by atoms with Crippen molar-refractivity contribution >= 4 is 11.4 Å². The van der Waals surface area contributed by atoms with Crippen molar-refractivity contribution in [3.05, 3.63) is 42.0 Å². The molecule has 0 spiro atoms. The second-order valence-electron chi connectivity index (χ2n) is 2.85. The first-order valence-electron chi connectivity index (χ1n) is 4.54. The van der Waals surface area contributed by atoms with Crippen LogP contribution in [0.3, 0.4) is 0 Å². The van der Waals surface area contributed by atoms with Crippen molar-refractivity contribution in [3.63, 3.8) is 0 Å². The number of ketones is 1. The first-order chi connectivity index (χ1) is 6.29. The fourth-order valence-electron chi connectivity index (χ4n) is 1.30. The van der Waals surface area contributed by atoms with Gasteiger partial charge in [-0.25, -0.2) is 0 Å². The van der Waals surface area contributed by atoms with Gasteiger partial charge in [-0.05, 0) is 12.5 Å². The van der Waals surface area contributed by atoms with Gasteiger partial charge in [0.1, 0.15) is 0 Å². The van der Waals surface area contributed by atoms with Gasteiger partial charge in [0.25, 0.3) is 0 Å². The van der Waals surface area contributed by atoms with E-state index in [2.05, 4.69) is 0 Å². The molecule has 0 saturated heterocycles. The Morgan fingerprint density at radius 1 is 1.31 bits per heavy atom. The Kier molecular flexibility index (Phi) is 3.44. The Morgan fingerprint density at radius 2 is 1.92 bits per heavy atom. The standard InChI is InChI=1S/C12H14O/c1-3-11(12(13)4-2)10-8-6-5-7-9-10/h3,5-9H,4H2,1-2H3/b11-3+. The van der Waals surface area contributed by atoms with Gasteiger partial charge in [0, 0.05) is 12.0 Å². The Morgan fingerprint density at radius 3 is 2.38 bits per heavy atom. The predicted octanol–water partition coefficient (Wildman–Crippen LogP) is 3.07. The van der Waals surface area contributed by atoms with E-state index in [1.54, 1.807) is 0 Å². The van der Waals surface area contributed by atoms with Crippen LogP contribution in [0.4, 0.5) is 0 Å². The van der Waals surface area contributed by atoms with E-state index < -0.39 is 0 Å². The fraction of sp³-hybridized carbons (Fsp3) is 0.250. The highest BCUT2D eigenvalue weighted by Crippen LogP contribution is 2.15. The van der Waals surface area contributed by atoms with Gasteiger partial charge in [0.2, 0.25) is 0 Å². The van der Waals surface area contributed by atoms with Gasteiger partial charge >= 0.3 is 0 Å². The topological polar surface area (TPSA) is 17.1 Å². The van der Waals surface area contributed by atoms with Gasteiger partial charge in [-0.2, -0.15) is 0 Å². The molecule has 0 bridgehead atoms. The Hall–Kier alpha value is -1.37. The molecule has 0 amide bonds. The van der Waals surface area contributed by atoms with Crippen LogP contribution < -0.4 is 0 Å². The smallest absolute Gasteiger partial charge is 0.162 e. The van der Waals surface area contributed by atoms with E-state index in [1.165, 1.54) is 0 Å². The predicted molar refractivity (Wildman–Crippen MR) is 55.4 cm³/mol. The summed E-state index contributed by atoms with van der Waals surface area (Å²) < 4.78 is 0. The van der Waals surface area contributed by atoms with E-state index in [4.69, 9.17) is 0 Å². The number of hydrogen-bond donors (Lipinski definition) is 0. The molecule has 1 aromatic rings. The van der Waals surface area contributed by atoms with Crippen molar-refractivity contribution in [1.29, 1.82) is 0 Å².